The van der Waals surface area contributed by atoms with Crippen LogP contribution in [-0.2, 0) is 11.3 Å². The Hall–Kier alpha value is -2.89. The van der Waals surface area contributed by atoms with E-state index in [1.165, 1.54) is 7.11 Å². The highest BCUT2D eigenvalue weighted by Crippen LogP contribution is 2.40. The summed E-state index contributed by atoms with van der Waals surface area (Å²) in [4.78, 5) is 20.9. The Labute approximate surface area is 153 Å². The molecule has 1 saturated carbocycles. The lowest BCUT2D eigenvalue weighted by Gasteiger charge is -2.09. The van der Waals surface area contributed by atoms with Gasteiger partial charge in [0.2, 0.25) is 0 Å². The molecule has 1 aliphatic rings. The van der Waals surface area contributed by atoms with Crippen LogP contribution in [0.25, 0.3) is 0 Å². The van der Waals surface area contributed by atoms with E-state index in [-0.39, 0.29) is 5.97 Å². The van der Waals surface area contributed by atoms with Crippen LogP contribution in [0.1, 0.15) is 51.6 Å². The fourth-order valence-electron chi connectivity index (χ4n) is 2.96. The van der Waals surface area contributed by atoms with Gasteiger partial charge in [-0.3, -0.25) is 4.98 Å². The average molecular weight is 352 g/mol. The summed E-state index contributed by atoms with van der Waals surface area (Å²) in [6, 6.07) is 9.70. The molecule has 0 aliphatic heterocycles. The maximum absolute atomic E-state index is 11.9. The molecule has 1 heterocycles. The first kappa shape index (κ1) is 17.9. The minimum atomic E-state index is -0.342. The second kappa shape index (κ2) is 7.56. The first-order valence-electron chi connectivity index (χ1n) is 8.69. The highest BCUT2D eigenvalue weighted by Gasteiger charge is 2.30. The van der Waals surface area contributed by atoms with E-state index in [1.807, 2.05) is 26.0 Å². The summed E-state index contributed by atoms with van der Waals surface area (Å²) in [5.41, 5.74) is 11.4. The SMILES string of the molecule is COC(=O)c1ccc(CN=C(N)Nc2cc(C)cc(C)c2)nc1C1CC1. The van der Waals surface area contributed by atoms with Gasteiger partial charge in [-0.1, -0.05) is 6.07 Å². The van der Waals surface area contributed by atoms with Gasteiger partial charge in [0.15, 0.2) is 5.96 Å². The number of hydrogen-bond acceptors (Lipinski definition) is 4. The van der Waals surface area contributed by atoms with Crippen molar-refractivity contribution in [1.29, 1.82) is 0 Å². The molecular weight excluding hydrogens is 328 g/mol. The number of nitrogens with zero attached hydrogens (tertiary/aromatic N) is 2. The van der Waals surface area contributed by atoms with E-state index in [0.29, 0.717) is 24.0 Å². The van der Waals surface area contributed by atoms with E-state index in [2.05, 4.69) is 21.4 Å². The number of carbonyl (C=O) groups excluding carboxylic acids is 1. The molecule has 0 atom stereocenters. The Morgan fingerprint density at radius 2 is 1.96 bits per heavy atom. The number of guanidine groups is 1. The molecule has 1 aromatic carbocycles. The van der Waals surface area contributed by atoms with Gasteiger partial charge in [-0.2, -0.15) is 0 Å². The molecule has 0 unspecified atom stereocenters. The van der Waals surface area contributed by atoms with Crippen molar-refractivity contribution in [2.24, 2.45) is 10.7 Å². The van der Waals surface area contributed by atoms with Crippen molar-refractivity contribution in [3.63, 3.8) is 0 Å². The van der Waals surface area contributed by atoms with Gasteiger partial charge >= 0.3 is 5.97 Å². The summed E-state index contributed by atoms with van der Waals surface area (Å²) >= 11 is 0. The van der Waals surface area contributed by atoms with E-state index < -0.39 is 0 Å². The molecule has 26 heavy (non-hydrogen) atoms. The van der Waals surface area contributed by atoms with E-state index in [9.17, 15) is 4.79 Å². The number of nitrogens with one attached hydrogen (secondary N) is 1. The highest BCUT2D eigenvalue weighted by molar-refractivity contribution is 5.92. The number of rotatable bonds is 5. The van der Waals surface area contributed by atoms with Crippen molar-refractivity contribution in [2.75, 3.05) is 12.4 Å². The molecule has 1 aliphatic carbocycles. The number of carbonyl (C=O) groups is 1. The number of hydrogen-bond donors (Lipinski definition) is 2. The van der Waals surface area contributed by atoms with Gasteiger partial charge in [-0.15, -0.1) is 0 Å². The van der Waals surface area contributed by atoms with Crippen LogP contribution >= 0.6 is 0 Å². The van der Waals surface area contributed by atoms with Gasteiger partial charge in [0.05, 0.1) is 30.6 Å². The second-order valence-corrected chi connectivity index (χ2v) is 6.70. The molecule has 0 spiro atoms. The molecule has 6 nitrogen and oxygen atoms in total. The van der Waals surface area contributed by atoms with E-state index in [1.54, 1.807) is 12.1 Å². The first-order valence-corrected chi connectivity index (χ1v) is 8.69. The zero-order chi connectivity index (χ0) is 18.7. The number of aryl methyl sites for hydroxylation is 2. The number of methoxy groups -OCH3 is 1. The number of aromatic nitrogens is 1. The molecule has 0 saturated heterocycles. The molecule has 3 rings (SSSR count). The molecule has 3 N–H and O–H groups in total. The van der Waals surface area contributed by atoms with Crippen molar-refractivity contribution >= 4 is 17.6 Å². The number of nitrogens with two attached hydrogens (primary N) is 1. The molecule has 0 amide bonds. The number of pyridine rings is 1. The van der Waals surface area contributed by atoms with Gasteiger partial charge < -0.3 is 15.8 Å². The van der Waals surface area contributed by atoms with Crippen LogP contribution in [0.3, 0.4) is 0 Å². The zero-order valence-corrected chi connectivity index (χ0v) is 15.4. The van der Waals surface area contributed by atoms with Crippen LogP contribution < -0.4 is 11.1 Å². The first-order chi connectivity index (χ1) is 12.5. The van der Waals surface area contributed by atoms with Crippen molar-refractivity contribution in [3.8, 4) is 0 Å². The predicted octanol–water partition coefficient (Wildman–Crippen LogP) is 3.29. The third kappa shape index (κ3) is 4.39. The van der Waals surface area contributed by atoms with E-state index in [4.69, 9.17) is 10.5 Å². The van der Waals surface area contributed by atoms with Crippen LogP contribution in [0.4, 0.5) is 5.69 Å². The quantitative estimate of drug-likeness (QED) is 0.490. The van der Waals surface area contributed by atoms with Crippen LogP contribution in [-0.4, -0.2) is 24.0 Å². The summed E-state index contributed by atoms with van der Waals surface area (Å²) in [6.45, 7) is 4.43. The number of anilines is 1. The van der Waals surface area contributed by atoms with Crippen LogP contribution in [0.5, 0.6) is 0 Å². The van der Waals surface area contributed by atoms with Crippen molar-refractivity contribution in [1.82, 2.24) is 4.98 Å². The Kier molecular flexibility index (Phi) is 5.21. The van der Waals surface area contributed by atoms with Gasteiger partial charge in [-0.25, -0.2) is 9.79 Å². The third-order valence-electron chi connectivity index (χ3n) is 4.26. The van der Waals surface area contributed by atoms with Gasteiger partial charge in [0, 0.05) is 11.6 Å². The Morgan fingerprint density at radius 1 is 1.27 bits per heavy atom. The fourth-order valence-corrected chi connectivity index (χ4v) is 2.96. The minimum absolute atomic E-state index is 0.335. The summed E-state index contributed by atoms with van der Waals surface area (Å²) in [6.07, 6.45) is 2.11. The number of ether oxygens (including phenoxy) is 1. The van der Waals surface area contributed by atoms with Crippen molar-refractivity contribution in [2.45, 2.75) is 39.2 Å². The monoisotopic (exact) mass is 352 g/mol. The lowest BCUT2D eigenvalue weighted by atomic mass is 10.1. The highest BCUT2D eigenvalue weighted by atomic mass is 16.5. The van der Waals surface area contributed by atoms with E-state index in [0.717, 1.165) is 41.0 Å². The van der Waals surface area contributed by atoms with E-state index >= 15 is 0 Å². The largest absolute Gasteiger partial charge is 0.465 e. The Bertz CT molecular complexity index is 837. The maximum Gasteiger partial charge on any atom is 0.339 e. The normalized spacial score (nSPS) is 14.2. The summed E-state index contributed by atoms with van der Waals surface area (Å²) in [7, 11) is 1.39. The third-order valence-corrected chi connectivity index (χ3v) is 4.26. The zero-order valence-electron chi connectivity index (χ0n) is 15.4. The smallest absolute Gasteiger partial charge is 0.339 e. The number of aliphatic imine (C=N–C) groups is 1. The van der Waals surface area contributed by atoms with Crippen LogP contribution in [0.2, 0.25) is 0 Å². The van der Waals surface area contributed by atoms with Gasteiger partial charge in [0.25, 0.3) is 0 Å². The Morgan fingerprint density at radius 3 is 2.58 bits per heavy atom. The molecule has 0 radical (unpaired) electrons. The fraction of sp³-hybridized carbons (Fsp3) is 0.350. The lowest BCUT2D eigenvalue weighted by Crippen LogP contribution is -2.22. The summed E-state index contributed by atoms with van der Waals surface area (Å²) in [5, 5.41) is 3.11. The van der Waals surface area contributed by atoms with Crippen LogP contribution in [0.15, 0.2) is 35.3 Å². The molecule has 136 valence electrons. The molecule has 0 bridgehead atoms. The number of esters is 1. The summed E-state index contributed by atoms with van der Waals surface area (Å²) < 4.78 is 4.84. The topological polar surface area (TPSA) is 89.6 Å². The molecule has 6 heteroatoms. The molecule has 1 aromatic heterocycles. The Balaban J connectivity index is 1.73. The number of benzene rings is 1. The molecule has 2 aromatic rings. The molecular formula is C20H24N4O2. The van der Waals surface area contributed by atoms with Crippen LogP contribution in [0, 0.1) is 13.8 Å². The maximum atomic E-state index is 11.9. The van der Waals surface area contributed by atoms with Crippen molar-refractivity contribution in [3.05, 3.63) is 58.4 Å². The predicted molar refractivity (Wildman–Crippen MR) is 102 cm³/mol. The van der Waals surface area contributed by atoms with Crippen molar-refractivity contribution < 1.29 is 9.53 Å². The standard InChI is InChI=1S/C20H24N4O2/c1-12-8-13(2)10-16(9-12)24-20(21)22-11-15-6-7-17(19(25)26-3)18(23-15)14-4-5-14/h6-10,14H,4-5,11H2,1-3H3,(H3,21,22,24). The minimum Gasteiger partial charge on any atom is -0.465 e. The summed E-state index contributed by atoms with van der Waals surface area (Å²) in [5.74, 6) is 0.339. The van der Waals surface area contributed by atoms with Gasteiger partial charge in [0.1, 0.15) is 0 Å². The lowest BCUT2D eigenvalue weighted by molar-refractivity contribution is 0.0598. The van der Waals surface area contributed by atoms with Gasteiger partial charge in [-0.05, 0) is 62.1 Å². The molecule has 1 fully saturated rings. The second-order valence-electron chi connectivity index (χ2n) is 6.70. The average Bonchev–Trinajstić information content (AvgIpc) is 3.43.